The van der Waals surface area contributed by atoms with Gasteiger partial charge in [0, 0.05) is 9.52 Å². The molecule has 0 spiro atoms. The van der Waals surface area contributed by atoms with Crippen molar-refractivity contribution >= 4 is 9.52 Å². The van der Waals surface area contributed by atoms with Gasteiger partial charge >= 0.3 is 0 Å². The van der Waals surface area contributed by atoms with E-state index in [9.17, 15) is 0 Å². The maximum atomic E-state index is 3.56. The van der Waals surface area contributed by atoms with E-state index >= 15 is 0 Å². The van der Waals surface area contributed by atoms with E-state index in [4.69, 9.17) is 0 Å². The first-order valence-electron chi connectivity index (χ1n) is 6.05. The van der Waals surface area contributed by atoms with Gasteiger partial charge in [0.25, 0.3) is 0 Å². The van der Waals surface area contributed by atoms with Crippen LogP contribution in [0.1, 0.15) is 41.0 Å². The van der Waals surface area contributed by atoms with Crippen LogP contribution in [0.15, 0.2) is 0 Å². The Bertz CT molecular complexity index is 131. The molecular weight excluding hydrogens is 188 g/mol. The second kappa shape index (κ2) is 7.43. The normalized spacial score (nSPS) is 13.3. The first-order valence-corrected chi connectivity index (χ1v) is 7.76. The smallest absolute Gasteiger partial charge is 0.0593 e. The van der Waals surface area contributed by atoms with Gasteiger partial charge in [0.05, 0.1) is 6.17 Å². The molecule has 0 aromatic rings. The van der Waals surface area contributed by atoms with Crippen LogP contribution < -0.4 is 10.6 Å². The number of hydrogen-bond acceptors (Lipinski definition) is 2. The molecule has 0 fully saturated rings. The molecule has 0 atom stereocenters. The molecule has 0 unspecified atom stereocenters. The highest BCUT2D eigenvalue weighted by molar-refractivity contribution is 6.40. The molecule has 86 valence electrons. The van der Waals surface area contributed by atoms with E-state index in [0.29, 0.717) is 11.2 Å². The SMILES string of the molecule is CCC[SiH2]C(C)(C)C(NCC)NCC. The van der Waals surface area contributed by atoms with Crippen LogP contribution in [0.25, 0.3) is 0 Å². The summed E-state index contributed by atoms with van der Waals surface area (Å²) < 4.78 is 0. The van der Waals surface area contributed by atoms with E-state index in [0.717, 1.165) is 13.1 Å². The van der Waals surface area contributed by atoms with Gasteiger partial charge in [-0.25, -0.2) is 0 Å². The van der Waals surface area contributed by atoms with E-state index in [1.165, 1.54) is 12.5 Å². The lowest BCUT2D eigenvalue weighted by Gasteiger charge is -2.35. The van der Waals surface area contributed by atoms with Crippen LogP contribution in [0.3, 0.4) is 0 Å². The first kappa shape index (κ1) is 14.1. The average molecular weight is 216 g/mol. The van der Waals surface area contributed by atoms with Gasteiger partial charge in [-0.1, -0.05) is 47.1 Å². The summed E-state index contributed by atoms with van der Waals surface area (Å²) in [5.41, 5.74) is 0. The highest BCUT2D eigenvalue weighted by atomic mass is 28.2. The van der Waals surface area contributed by atoms with E-state index in [2.05, 4.69) is 45.3 Å². The fourth-order valence-corrected chi connectivity index (χ4v) is 3.65. The molecule has 0 heterocycles. The molecule has 14 heavy (non-hydrogen) atoms. The third-order valence-corrected chi connectivity index (χ3v) is 5.53. The zero-order chi connectivity index (χ0) is 11.0. The van der Waals surface area contributed by atoms with Gasteiger partial charge in [0.15, 0.2) is 0 Å². The van der Waals surface area contributed by atoms with Crippen molar-refractivity contribution in [2.45, 2.75) is 58.3 Å². The second-order valence-electron chi connectivity index (χ2n) is 4.64. The average Bonchev–Trinajstić information content (AvgIpc) is 2.14. The topological polar surface area (TPSA) is 24.1 Å². The van der Waals surface area contributed by atoms with Gasteiger partial charge in [-0.05, 0) is 18.1 Å². The van der Waals surface area contributed by atoms with Gasteiger partial charge in [-0.15, -0.1) is 0 Å². The number of rotatable bonds is 8. The largest absolute Gasteiger partial charge is 0.302 e. The molecule has 0 saturated carbocycles. The molecule has 2 nitrogen and oxygen atoms in total. The molecule has 0 aromatic carbocycles. The standard InChI is InChI=1S/C11H28N2Si/c1-6-9-14-11(4,5)10(12-7-2)13-8-3/h10,12-13H,6-9,14H2,1-5H3. The fraction of sp³-hybridized carbons (Fsp3) is 1.00. The summed E-state index contributed by atoms with van der Waals surface area (Å²) in [5, 5.41) is 7.60. The molecule has 0 aliphatic heterocycles. The Hall–Kier alpha value is 0.137. The second-order valence-corrected chi connectivity index (χ2v) is 7.67. The minimum atomic E-state index is 0.0262. The molecule has 2 N–H and O–H groups in total. The minimum absolute atomic E-state index is 0.0262. The molecule has 0 aliphatic rings. The molecule has 0 aromatic heterocycles. The van der Waals surface area contributed by atoms with Gasteiger partial charge < -0.3 is 10.6 Å². The fourth-order valence-electron chi connectivity index (χ4n) is 1.81. The van der Waals surface area contributed by atoms with E-state index in [1.807, 2.05) is 0 Å². The Labute approximate surface area is 92.1 Å². The van der Waals surface area contributed by atoms with Crippen molar-refractivity contribution in [1.82, 2.24) is 10.6 Å². The summed E-state index contributed by atoms with van der Waals surface area (Å²) >= 11 is 0. The maximum absolute atomic E-state index is 3.56. The van der Waals surface area contributed by atoms with E-state index in [1.54, 1.807) is 0 Å². The Morgan fingerprint density at radius 1 is 1.07 bits per heavy atom. The van der Waals surface area contributed by atoms with Crippen molar-refractivity contribution < 1.29 is 0 Å². The molecule has 0 radical (unpaired) electrons. The van der Waals surface area contributed by atoms with Crippen molar-refractivity contribution in [1.29, 1.82) is 0 Å². The molecule has 0 rings (SSSR count). The predicted octanol–water partition coefficient (Wildman–Crippen LogP) is 1.73. The van der Waals surface area contributed by atoms with Crippen LogP contribution in [0.5, 0.6) is 0 Å². The number of nitrogens with one attached hydrogen (secondary N) is 2. The predicted molar refractivity (Wildman–Crippen MR) is 68.8 cm³/mol. The Kier molecular flexibility index (Phi) is 7.50. The number of hydrogen-bond donors (Lipinski definition) is 2. The van der Waals surface area contributed by atoms with Crippen molar-refractivity contribution in [3.63, 3.8) is 0 Å². The van der Waals surface area contributed by atoms with Crippen molar-refractivity contribution in [2.75, 3.05) is 13.1 Å². The van der Waals surface area contributed by atoms with Crippen LogP contribution in [0.2, 0.25) is 11.1 Å². The zero-order valence-electron chi connectivity index (χ0n) is 10.6. The molecular formula is C11H28N2Si. The summed E-state index contributed by atoms with van der Waals surface area (Å²) in [5.74, 6) is 0. The highest BCUT2D eigenvalue weighted by Crippen LogP contribution is 2.27. The highest BCUT2D eigenvalue weighted by Gasteiger charge is 2.27. The van der Waals surface area contributed by atoms with Crippen molar-refractivity contribution in [3.8, 4) is 0 Å². The minimum Gasteiger partial charge on any atom is -0.302 e. The molecule has 0 saturated heterocycles. The van der Waals surface area contributed by atoms with Crippen LogP contribution >= 0.6 is 0 Å². The van der Waals surface area contributed by atoms with Crippen LogP contribution in [0.4, 0.5) is 0 Å². The maximum Gasteiger partial charge on any atom is 0.0593 e. The van der Waals surface area contributed by atoms with Crippen LogP contribution in [-0.2, 0) is 0 Å². The third-order valence-electron chi connectivity index (χ3n) is 2.77. The lowest BCUT2D eigenvalue weighted by atomic mass is 10.1. The van der Waals surface area contributed by atoms with Gasteiger partial charge in [-0.3, -0.25) is 0 Å². The summed E-state index contributed by atoms with van der Waals surface area (Å²) in [6.45, 7) is 13.6. The van der Waals surface area contributed by atoms with Crippen molar-refractivity contribution in [3.05, 3.63) is 0 Å². The Morgan fingerprint density at radius 2 is 1.57 bits per heavy atom. The Morgan fingerprint density at radius 3 is 1.93 bits per heavy atom. The summed E-state index contributed by atoms with van der Waals surface area (Å²) in [6.07, 6.45) is 1.86. The quantitative estimate of drug-likeness (QED) is 0.477. The van der Waals surface area contributed by atoms with Crippen LogP contribution in [-0.4, -0.2) is 28.8 Å². The van der Waals surface area contributed by atoms with Gasteiger partial charge in [-0.2, -0.15) is 0 Å². The summed E-state index contributed by atoms with van der Waals surface area (Å²) in [4.78, 5) is 0. The zero-order valence-corrected chi connectivity index (χ0v) is 12.0. The van der Waals surface area contributed by atoms with Crippen LogP contribution in [0, 0.1) is 0 Å². The van der Waals surface area contributed by atoms with Gasteiger partial charge in [0.2, 0.25) is 0 Å². The molecule has 0 bridgehead atoms. The van der Waals surface area contributed by atoms with E-state index < -0.39 is 0 Å². The first-order chi connectivity index (χ1) is 6.58. The third kappa shape index (κ3) is 5.13. The lowest BCUT2D eigenvalue weighted by molar-refractivity contribution is 0.357. The Balaban J connectivity index is 4.13. The van der Waals surface area contributed by atoms with E-state index in [-0.39, 0.29) is 9.52 Å². The van der Waals surface area contributed by atoms with Gasteiger partial charge in [0.1, 0.15) is 0 Å². The molecule has 3 heteroatoms. The molecule has 0 amide bonds. The van der Waals surface area contributed by atoms with Crippen molar-refractivity contribution in [2.24, 2.45) is 0 Å². The molecule has 0 aliphatic carbocycles. The lowest BCUT2D eigenvalue weighted by Crippen LogP contribution is -2.50. The summed E-state index contributed by atoms with van der Waals surface area (Å²) in [7, 11) is 0.0262. The monoisotopic (exact) mass is 216 g/mol. The summed E-state index contributed by atoms with van der Waals surface area (Å²) in [6, 6.07) is 1.46.